The minimum Gasteiger partial charge on any atom is -0.334 e. The Morgan fingerprint density at radius 1 is 1.09 bits per heavy atom. The van der Waals surface area contributed by atoms with Crippen molar-refractivity contribution in [3.8, 4) is 22.8 Å². The molecule has 3 aromatic rings. The van der Waals surface area contributed by atoms with E-state index in [0.717, 1.165) is 12.1 Å². The molecule has 0 fully saturated rings. The Bertz CT molecular complexity index is 925. The molecule has 2 heterocycles. The number of rotatable bonds is 3. The first-order valence-corrected chi connectivity index (χ1v) is 7.56. The van der Waals surface area contributed by atoms with E-state index < -0.39 is 20.7 Å². The van der Waals surface area contributed by atoms with Crippen molar-refractivity contribution in [1.82, 2.24) is 15.1 Å². The van der Waals surface area contributed by atoms with Crippen LogP contribution in [0.4, 0.5) is 4.39 Å². The van der Waals surface area contributed by atoms with Crippen LogP contribution >= 0.6 is 0 Å². The fourth-order valence-electron chi connectivity index (χ4n) is 1.82. The fraction of sp³-hybridized carbons (Fsp3) is 0. The highest BCUT2D eigenvalue weighted by molar-refractivity contribution is 7.89. The molecule has 2 aromatic heterocycles. The molecule has 112 valence electrons. The number of hydrogen-bond donors (Lipinski definition) is 1. The Labute approximate surface area is 124 Å². The average Bonchev–Trinajstić information content (AvgIpc) is 2.96. The van der Waals surface area contributed by atoms with Crippen LogP contribution in [0.3, 0.4) is 0 Å². The van der Waals surface area contributed by atoms with Crippen molar-refractivity contribution in [3.63, 3.8) is 0 Å². The second-order valence-corrected chi connectivity index (χ2v) is 5.88. The molecule has 0 spiro atoms. The van der Waals surface area contributed by atoms with Crippen LogP contribution in [0.2, 0.25) is 0 Å². The van der Waals surface area contributed by atoms with Crippen LogP contribution in [-0.4, -0.2) is 23.5 Å². The molecule has 22 heavy (non-hydrogen) atoms. The summed E-state index contributed by atoms with van der Waals surface area (Å²) in [7, 11) is -4.12. The van der Waals surface area contributed by atoms with E-state index in [1.165, 1.54) is 6.07 Å². The van der Waals surface area contributed by atoms with E-state index in [2.05, 4.69) is 15.1 Å². The van der Waals surface area contributed by atoms with Crippen LogP contribution in [0.1, 0.15) is 0 Å². The Morgan fingerprint density at radius 3 is 2.45 bits per heavy atom. The van der Waals surface area contributed by atoms with Crippen molar-refractivity contribution in [3.05, 3.63) is 48.5 Å². The molecule has 0 atom stereocenters. The van der Waals surface area contributed by atoms with Gasteiger partial charge in [-0.05, 0) is 30.3 Å². The SMILES string of the molecule is NS(=O)(=O)c1ccc(-c2nc(-c3ccncc3)no2)cc1F. The zero-order valence-electron chi connectivity index (χ0n) is 11.0. The highest BCUT2D eigenvalue weighted by Crippen LogP contribution is 2.24. The Morgan fingerprint density at radius 2 is 1.82 bits per heavy atom. The average molecular weight is 320 g/mol. The largest absolute Gasteiger partial charge is 0.334 e. The van der Waals surface area contributed by atoms with Crippen LogP contribution < -0.4 is 5.14 Å². The molecule has 0 bridgehead atoms. The lowest BCUT2D eigenvalue weighted by Gasteiger charge is -2.01. The monoisotopic (exact) mass is 320 g/mol. The molecule has 0 aliphatic carbocycles. The van der Waals surface area contributed by atoms with Gasteiger partial charge in [-0.1, -0.05) is 5.16 Å². The van der Waals surface area contributed by atoms with Crippen LogP contribution in [-0.2, 0) is 10.0 Å². The van der Waals surface area contributed by atoms with E-state index in [-0.39, 0.29) is 11.5 Å². The molecule has 0 radical (unpaired) electrons. The topological polar surface area (TPSA) is 112 Å². The first-order chi connectivity index (χ1) is 10.4. The molecule has 2 N–H and O–H groups in total. The minimum absolute atomic E-state index is 0.0617. The van der Waals surface area contributed by atoms with Crippen molar-refractivity contribution in [2.24, 2.45) is 5.14 Å². The van der Waals surface area contributed by atoms with Crippen LogP contribution in [0.25, 0.3) is 22.8 Å². The molecule has 0 aliphatic rings. The van der Waals surface area contributed by atoms with Gasteiger partial charge >= 0.3 is 0 Å². The maximum absolute atomic E-state index is 13.8. The third kappa shape index (κ3) is 2.71. The summed E-state index contributed by atoms with van der Waals surface area (Å²) in [6, 6.07) is 6.76. The van der Waals surface area contributed by atoms with Gasteiger partial charge in [-0.15, -0.1) is 0 Å². The van der Waals surface area contributed by atoms with Gasteiger partial charge in [-0.3, -0.25) is 4.98 Å². The summed E-state index contributed by atoms with van der Waals surface area (Å²) in [5.41, 5.74) is 0.935. The number of aromatic nitrogens is 3. The summed E-state index contributed by atoms with van der Waals surface area (Å²) >= 11 is 0. The summed E-state index contributed by atoms with van der Waals surface area (Å²) in [6.45, 7) is 0. The van der Waals surface area contributed by atoms with E-state index in [1.54, 1.807) is 24.5 Å². The summed E-state index contributed by atoms with van der Waals surface area (Å²) < 4.78 is 41.2. The predicted octanol–water partition coefficient (Wildman–Crippen LogP) is 1.59. The lowest BCUT2D eigenvalue weighted by molar-refractivity contribution is 0.432. The van der Waals surface area contributed by atoms with Gasteiger partial charge in [0.05, 0.1) is 0 Å². The van der Waals surface area contributed by atoms with Crippen molar-refractivity contribution in [2.75, 3.05) is 0 Å². The molecular weight excluding hydrogens is 311 g/mol. The third-order valence-electron chi connectivity index (χ3n) is 2.85. The van der Waals surface area contributed by atoms with Crippen LogP contribution in [0, 0.1) is 5.82 Å². The van der Waals surface area contributed by atoms with E-state index in [1.807, 2.05) is 0 Å². The summed E-state index contributed by atoms with van der Waals surface area (Å²) in [5.74, 6) is -0.608. The number of primary sulfonamides is 1. The molecule has 3 rings (SSSR count). The van der Waals surface area contributed by atoms with Gasteiger partial charge in [0, 0.05) is 23.5 Å². The number of pyridine rings is 1. The van der Waals surface area contributed by atoms with Crippen molar-refractivity contribution < 1.29 is 17.3 Å². The number of halogens is 1. The Hall–Kier alpha value is -2.65. The second kappa shape index (κ2) is 5.28. The van der Waals surface area contributed by atoms with E-state index in [4.69, 9.17) is 9.66 Å². The van der Waals surface area contributed by atoms with Crippen molar-refractivity contribution in [2.45, 2.75) is 4.90 Å². The van der Waals surface area contributed by atoms with E-state index in [0.29, 0.717) is 11.4 Å². The second-order valence-electron chi connectivity index (χ2n) is 4.35. The summed E-state index contributed by atoms with van der Waals surface area (Å²) in [5, 5.41) is 8.69. The number of nitrogens with zero attached hydrogens (tertiary/aromatic N) is 3. The number of sulfonamides is 1. The zero-order chi connectivity index (χ0) is 15.7. The van der Waals surface area contributed by atoms with Crippen molar-refractivity contribution >= 4 is 10.0 Å². The Balaban J connectivity index is 1.99. The lowest BCUT2D eigenvalue weighted by atomic mass is 10.2. The van der Waals surface area contributed by atoms with Gasteiger partial charge in [0.25, 0.3) is 5.89 Å². The third-order valence-corrected chi connectivity index (χ3v) is 3.79. The normalized spacial score (nSPS) is 11.5. The molecule has 9 heteroatoms. The standard InChI is InChI=1S/C13H9FN4O3S/c14-10-7-9(1-2-11(10)22(15,19)20)13-17-12(18-21-13)8-3-5-16-6-4-8/h1-7H,(H2,15,19,20). The highest BCUT2D eigenvalue weighted by Gasteiger charge is 2.17. The quantitative estimate of drug-likeness (QED) is 0.784. The van der Waals surface area contributed by atoms with Crippen LogP contribution in [0.15, 0.2) is 52.1 Å². The first-order valence-electron chi connectivity index (χ1n) is 6.02. The first kappa shape index (κ1) is 14.3. The predicted molar refractivity (Wildman–Crippen MR) is 74.3 cm³/mol. The molecule has 0 unspecified atom stereocenters. The van der Waals surface area contributed by atoms with E-state index >= 15 is 0 Å². The van der Waals surface area contributed by atoms with Gasteiger partial charge in [0.15, 0.2) is 0 Å². The molecule has 0 saturated carbocycles. The van der Waals surface area contributed by atoms with Gasteiger partial charge < -0.3 is 4.52 Å². The molecule has 1 aromatic carbocycles. The molecule has 0 aliphatic heterocycles. The minimum atomic E-state index is -4.12. The van der Waals surface area contributed by atoms with Crippen molar-refractivity contribution in [1.29, 1.82) is 0 Å². The molecule has 0 saturated heterocycles. The summed E-state index contributed by atoms with van der Waals surface area (Å²) in [4.78, 5) is 7.41. The number of nitrogens with two attached hydrogens (primary N) is 1. The van der Waals surface area contributed by atoms with Gasteiger partial charge in [-0.2, -0.15) is 4.98 Å². The zero-order valence-corrected chi connectivity index (χ0v) is 11.8. The number of benzene rings is 1. The Kier molecular flexibility index (Phi) is 3.43. The van der Waals surface area contributed by atoms with E-state index in [9.17, 15) is 12.8 Å². The van der Waals surface area contributed by atoms with Gasteiger partial charge in [0.2, 0.25) is 15.8 Å². The molecular formula is C13H9FN4O3S. The highest BCUT2D eigenvalue weighted by atomic mass is 32.2. The smallest absolute Gasteiger partial charge is 0.258 e. The maximum Gasteiger partial charge on any atom is 0.258 e. The lowest BCUT2D eigenvalue weighted by Crippen LogP contribution is -2.13. The van der Waals surface area contributed by atoms with Crippen LogP contribution in [0.5, 0.6) is 0 Å². The van der Waals surface area contributed by atoms with Gasteiger partial charge in [0.1, 0.15) is 10.7 Å². The molecule has 0 amide bonds. The molecule has 7 nitrogen and oxygen atoms in total. The maximum atomic E-state index is 13.8. The number of hydrogen-bond acceptors (Lipinski definition) is 6. The fourth-order valence-corrected chi connectivity index (χ4v) is 2.41. The van der Waals surface area contributed by atoms with Gasteiger partial charge in [-0.25, -0.2) is 17.9 Å². The summed E-state index contributed by atoms with van der Waals surface area (Å²) in [6.07, 6.45) is 3.15.